The highest BCUT2D eigenvalue weighted by molar-refractivity contribution is 5.58. The zero-order chi connectivity index (χ0) is 15.4. The first-order valence-corrected chi connectivity index (χ1v) is 7.47. The van der Waals surface area contributed by atoms with E-state index < -0.39 is 0 Å². The number of aromatic nitrogens is 3. The monoisotopic (exact) mass is 304 g/mol. The van der Waals surface area contributed by atoms with Crippen molar-refractivity contribution in [1.82, 2.24) is 15.1 Å². The van der Waals surface area contributed by atoms with Gasteiger partial charge >= 0.3 is 0 Å². The van der Waals surface area contributed by atoms with Gasteiger partial charge in [0.2, 0.25) is 0 Å². The van der Waals surface area contributed by atoms with Crippen LogP contribution in [0.5, 0.6) is 0 Å². The van der Waals surface area contributed by atoms with Crippen molar-refractivity contribution in [3.8, 4) is 11.5 Å². The second kappa shape index (κ2) is 6.85. The lowest BCUT2D eigenvalue weighted by molar-refractivity contribution is 0.154. The largest absolute Gasteiger partial charge is 0.391 e. The molecule has 7 heteroatoms. The second-order valence-corrected chi connectivity index (χ2v) is 5.40. The molecule has 0 aliphatic carbocycles. The molecule has 1 fully saturated rings. The predicted molar refractivity (Wildman–Crippen MR) is 80.6 cm³/mol. The number of ether oxygens (including phenoxy) is 1. The van der Waals surface area contributed by atoms with E-state index in [0.717, 1.165) is 30.8 Å². The van der Waals surface area contributed by atoms with E-state index in [1.165, 1.54) is 0 Å². The van der Waals surface area contributed by atoms with Gasteiger partial charge in [-0.25, -0.2) is 4.98 Å². The average molecular weight is 304 g/mol. The lowest BCUT2D eigenvalue weighted by Gasteiger charge is -2.31. The Balaban J connectivity index is 1.77. The fourth-order valence-corrected chi connectivity index (χ4v) is 2.55. The van der Waals surface area contributed by atoms with Crippen LogP contribution in [0, 0.1) is 0 Å². The van der Waals surface area contributed by atoms with Gasteiger partial charge in [0.15, 0.2) is 5.82 Å². The van der Waals surface area contributed by atoms with Gasteiger partial charge in [-0.1, -0.05) is 5.16 Å². The quantitative estimate of drug-likeness (QED) is 0.890. The van der Waals surface area contributed by atoms with E-state index in [9.17, 15) is 5.11 Å². The van der Waals surface area contributed by atoms with Gasteiger partial charge in [-0.15, -0.1) is 0 Å². The molecule has 1 atom stereocenters. The van der Waals surface area contributed by atoms with Crippen LogP contribution in [-0.4, -0.2) is 53.1 Å². The Hall–Kier alpha value is -1.99. The molecule has 0 saturated carbocycles. The summed E-state index contributed by atoms with van der Waals surface area (Å²) < 4.78 is 10.3. The molecule has 1 aliphatic heterocycles. The number of rotatable bonds is 5. The first-order valence-electron chi connectivity index (χ1n) is 7.47. The van der Waals surface area contributed by atoms with Crippen molar-refractivity contribution in [3.63, 3.8) is 0 Å². The Morgan fingerprint density at radius 2 is 2.41 bits per heavy atom. The van der Waals surface area contributed by atoms with E-state index in [-0.39, 0.29) is 6.10 Å². The normalized spacial score (nSPS) is 18.6. The molecule has 1 N–H and O–H groups in total. The maximum atomic E-state index is 9.79. The fraction of sp³-hybridized carbons (Fsp3) is 0.533. The highest BCUT2D eigenvalue weighted by atomic mass is 16.5. The number of hydrogen-bond donors (Lipinski definition) is 1. The molecule has 0 spiro atoms. The third-order valence-corrected chi connectivity index (χ3v) is 3.71. The van der Waals surface area contributed by atoms with Gasteiger partial charge in [0.05, 0.1) is 12.7 Å². The SMILES string of the molecule is COCCc1noc(-c2ccnc(N3CCCC(O)C3)c2)n1. The summed E-state index contributed by atoms with van der Waals surface area (Å²) in [6.45, 7) is 2.07. The molecule has 2 aromatic heterocycles. The van der Waals surface area contributed by atoms with Gasteiger partial charge in [0, 0.05) is 38.4 Å². The number of methoxy groups -OCH3 is 1. The van der Waals surface area contributed by atoms with Crippen LogP contribution in [0.1, 0.15) is 18.7 Å². The molecule has 0 radical (unpaired) electrons. The smallest absolute Gasteiger partial charge is 0.258 e. The van der Waals surface area contributed by atoms with Crippen LogP contribution >= 0.6 is 0 Å². The number of aliphatic hydroxyl groups is 1. The zero-order valence-corrected chi connectivity index (χ0v) is 12.6. The van der Waals surface area contributed by atoms with Crippen molar-refractivity contribution in [3.05, 3.63) is 24.2 Å². The molecule has 1 unspecified atom stereocenters. The zero-order valence-electron chi connectivity index (χ0n) is 12.6. The molecule has 2 aromatic rings. The number of piperidine rings is 1. The van der Waals surface area contributed by atoms with Crippen LogP contribution in [0.15, 0.2) is 22.9 Å². The molecule has 0 bridgehead atoms. The number of anilines is 1. The first kappa shape index (κ1) is 14.9. The number of pyridine rings is 1. The molecular formula is C15H20N4O3. The molecule has 22 heavy (non-hydrogen) atoms. The van der Waals surface area contributed by atoms with Gasteiger partial charge in [-0.3, -0.25) is 0 Å². The molecule has 1 aliphatic rings. The molecule has 0 amide bonds. The van der Waals surface area contributed by atoms with E-state index in [1.807, 2.05) is 12.1 Å². The Morgan fingerprint density at radius 1 is 1.50 bits per heavy atom. The number of aliphatic hydroxyl groups excluding tert-OH is 1. The summed E-state index contributed by atoms with van der Waals surface area (Å²) in [6, 6.07) is 3.77. The number of hydrogen-bond acceptors (Lipinski definition) is 7. The molecule has 3 heterocycles. The minimum absolute atomic E-state index is 0.289. The van der Waals surface area contributed by atoms with Gasteiger partial charge in [-0.05, 0) is 25.0 Å². The van der Waals surface area contributed by atoms with Crippen molar-refractivity contribution < 1.29 is 14.4 Å². The van der Waals surface area contributed by atoms with Crippen molar-refractivity contribution in [1.29, 1.82) is 0 Å². The topological polar surface area (TPSA) is 84.5 Å². The predicted octanol–water partition coefficient (Wildman–Crippen LogP) is 1.28. The molecule has 7 nitrogen and oxygen atoms in total. The Kier molecular flexibility index (Phi) is 4.65. The van der Waals surface area contributed by atoms with Crippen molar-refractivity contribution in [2.75, 3.05) is 31.7 Å². The highest BCUT2D eigenvalue weighted by Gasteiger charge is 2.19. The summed E-state index contributed by atoms with van der Waals surface area (Å²) in [7, 11) is 1.64. The van der Waals surface area contributed by atoms with Crippen LogP contribution in [-0.2, 0) is 11.2 Å². The van der Waals surface area contributed by atoms with E-state index in [0.29, 0.717) is 31.3 Å². The van der Waals surface area contributed by atoms with Gasteiger partial charge < -0.3 is 19.3 Å². The maximum Gasteiger partial charge on any atom is 0.258 e. The molecule has 118 valence electrons. The Morgan fingerprint density at radius 3 is 3.23 bits per heavy atom. The summed E-state index contributed by atoms with van der Waals surface area (Å²) in [5.74, 6) is 1.93. The summed E-state index contributed by atoms with van der Waals surface area (Å²) in [4.78, 5) is 10.8. The second-order valence-electron chi connectivity index (χ2n) is 5.40. The van der Waals surface area contributed by atoms with Gasteiger partial charge in [0.1, 0.15) is 5.82 Å². The van der Waals surface area contributed by atoms with Gasteiger partial charge in [0.25, 0.3) is 5.89 Å². The molecular weight excluding hydrogens is 284 g/mol. The molecule has 0 aromatic carbocycles. The molecule has 1 saturated heterocycles. The number of nitrogens with zero attached hydrogens (tertiary/aromatic N) is 4. The van der Waals surface area contributed by atoms with Crippen molar-refractivity contribution in [2.45, 2.75) is 25.4 Å². The van der Waals surface area contributed by atoms with Crippen LogP contribution in [0.3, 0.4) is 0 Å². The van der Waals surface area contributed by atoms with E-state index in [1.54, 1.807) is 13.3 Å². The Bertz CT molecular complexity index is 616. The van der Waals surface area contributed by atoms with Crippen molar-refractivity contribution >= 4 is 5.82 Å². The van der Waals surface area contributed by atoms with Crippen LogP contribution in [0.25, 0.3) is 11.5 Å². The molecule has 3 rings (SSSR count). The maximum absolute atomic E-state index is 9.79. The van der Waals surface area contributed by atoms with E-state index in [4.69, 9.17) is 9.26 Å². The Labute approximate surface area is 128 Å². The lowest BCUT2D eigenvalue weighted by atomic mass is 10.1. The standard InChI is InChI=1S/C15H20N4O3/c1-21-8-5-13-17-15(22-18-13)11-4-6-16-14(9-11)19-7-2-3-12(20)10-19/h4,6,9,12,20H,2-3,5,7-8,10H2,1H3. The summed E-state index contributed by atoms with van der Waals surface area (Å²) in [5, 5.41) is 13.7. The minimum atomic E-state index is -0.289. The van der Waals surface area contributed by atoms with Crippen LogP contribution < -0.4 is 4.90 Å². The van der Waals surface area contributed by atoms with E-state index >= 15 is 0 Å². The first-order chi connectivity index (χ1) is 10.8. The van der Waals surface area contributed by atoms with E-state index in [2.05, 4.69) is 20.0 Å². The fourth-order valence-electron chi connectivity index (χ4n) is 2.55. The third kappa shape index (κ3) is 3.42. The number of β-amino-alcohol motifs (C(OH)–C–C–N with tert-alkyl or cyclic N) is 1. The lowest BCUT2D eigenvalue weighted by Crippen LogP contribution is -2.38. The average Bonchev–Trinajstić information content (AvgIpc) is 3.02. The van der Waals surface area contributed by atoms with Gasteiger partial charge in [-0.2, -0.15) is 4.98 Å². The van der Waals surface area contributed by atoms with Crippen LogP contribution in [0.2, 0.25) is 0 Å². The summed E-state index contributed by atoms with van der Waals surface area (Å²) >= 11 is 0. The van der Waals surface area contributed by atoms with Crippen LogP contribution in [0.4, 0.5) is 5.82 Å². The third-order valence-electron chi connectivity index (χ3n) is 3.71. The summed E-state index contributed by atoms with van der Waals surface area (Å²) in [6.07, 6.45) is 3.88. The van der Waals surface area contributed by atoms with Crippen molar-refractivity contribution in [2.24, 2.45) is 0 Å². The highest BCUT2D eigenvalue weighted by Crippen LogP contribution is 2.23. The summed E-state index contributed by atoms with van der Waals surface area (Å²) in [5.41, 5.74) is 0.834. The minimum Gasteiger partial charge on any atom is -0.391 e.